The van der Waals surface area contributed by atoms with Crippen molar-refractivity contribution in [1.29, 1.82) is 5.41 Å². The Hall–Kier alpha value is -1.99. The predicted octanol–water partition coefficient (Wildman–Crippen LogP) is 3.46. The summed E-state index contributed by atoms with van der Waals surface area (Å²) in [6.07, 6.45) is 0.736. The van der Waals surface area contributed by atoms with Crippen molar-refractivity contribution < 1.29 is 16.8 Å². The minimum absolute atomic E-state index is 0.200. The Labute approximate surface area is 143 Å². The highest BCUT2D eigenvalue weighted by molar-refractivity contribution is 8.31. The van der Waals surface area contributed by atoms with Crippen molar-refractivity contribution in [2.75, 3.05) is 0 Å². The Morgan fingerprint density at radius 2 is 1.21 bits per heavy atom. The molecule has 0 unspecified atom stereocenters. The zero-order valence-corrected chi connectivity index (χ0v) is 15.5. The molecule has 0 fully saturated rings. The van der Waals surface area contributed by atoms with Crippen LogP contribution >= 0.6 is 0 Å². The van der Waals surface area contributed by atoms with Gasteiger partial charge in [0.25, 0.3) is 0 Å². The van der Waals surface area contributed by atoms with Crippen molar-refractivity contribution in [1.82, 2.24) is 0 Å². The van der Waals surface area contributed by atoms with Crippen LogP contribution in [0.5, 0.6) is 0 Å². The summed E-state index contributed by atoms with van der Waals surface area (Å²) in [6.45, 7) is 5.92. The van der Waals surface area contributed by atoms with Crippen LogP contribution in [0.1, 0.15) is 26.3 Å². The summed E-state index contributed by atoms with van der Waals surface area (Å²) in [5.41, 5.74) is 0.927. The second kappa shape index (κ2) is 8.21. The van der Waals surface area contributed by atoms with Gasteiger partial charge in [0.2, 0.25) is 24.1 Å². The molecule has 2 aromatic carbocycles. The summed E-state index contributed by atoms with van der Waals surface area (Å²) in [4.78, 5) is -0.414. The quantitative estimate of drug-likeness (QED) is 0.664. The third-order valence-electron chi connectivity index (χ3n) is 3.18. The van der Waals surface area contributed by atoms with Crippen LogP contribution in [0, 0.1) is 5.41 Å². The molecule has 24 heavy (non-hydrogen) atoms. The number of nitrogens with one attached hydrogen (secondary N) is 1. The first-order chi connectivity index (χ1) is 11.3. The van der Waals surface area contributed by atoms with Gasteiger partial charge in [-0.1, -0.05) is 51.1 Å². The lowest BCUT2D eigenvalue weighted by molar-refractivity contribution is 0.602. The van der Waals surface area contributed by atoms with E-state index in [1.165, 1.54) is 36.4 Å². The molecule has 7 heteroatoms. The zero-order chi connectivity index (χ0) is 18.4. The summed E-state index contributed by atoms with van der Waals surface area (Å²) < 4.78 is 47.9. The molecule has 0 bridgehead atoms. The summed E-state index contributed by atoms with van der Waals surface area (Å²) in [5.74, 6) is 0. The number of benzene rings is 2. The van der Waals surface area contributed by atoms with Gasteiger partial charge in [0.15, 0.2) is 0 Å². The van der Waals surface area contributed by atoms with E-state index in [4.69, 9.17) is 5.41 Å². The van der Waals surface area contributed by atoms with Crippen LogP contribution in [0.2, 0.25) is 0 Å². The highest BCUT2D eigenvalue weighted by Crippen LogP contribution is 2.20. The average molecular weight is 367 g/mol. The zero-order valence-electron chi connectivity index (χ0n) is 13.9. The Morgan fingerprint density at radius 1 is 0.792 bits per heavy atom. The number of hydrogen-bond acceptors (Lipinski definition) is 5. The highest BCUT2D eigenvalue weighted by atomic mass is 32.3. The second-order valence-electron chi connectivity index (χ2n) is 4.60. The van der Waals surface area contributed by atoms with Crippen molar-refractivity contribution in [2.45, 2.75) is 37.0 Å². The molecular formula is C17H21NO4S2. The van der Waals surface area contributed by atoms with Gasteiger partial charge >= 0.3 is 0 Å². The van der Waals surface area contributed by atoms with Gasteiger partial charge < -0.3 is 0 Å². The molecule has 0 aliphatic carbocycles. The topological polar surface area (TPSA) is 92.1 Å². The monoisotopic (exact) mass is 367 g/mol. The fraction of sp³-hybridized carbons (Fsp3) is 0.235. The SMILES string of the molecule is CC.CCc1ccc(S(=O)(=O)C(=N)S(=O)(=O)c2ccccc2)cc1. The molecule has 2 rings (SSSR count). The van der Waals surface area contributed by atoms with E-state index in [2.05, 4.69) is 0 Å². The van der Waals surface area contributed by atoms with E-state index in [-0.39, 0.29) is 9.79 Å². The first-order valence-corrected chi connectivity index (χ1v) is 10.5. The molecule has 130 valence electrons. The number of rotatable bonds is 3. The molecule has 0 aliphatic rings. The maximum Gasteiger partial charge on any atom is 0.249 e. The van der Waals surface area contributed by atoms with Crippen LogP contribution in [0.3, 0.4) is 0 Å². The molecule has 0 heterocycles. The lowest BCUT2D eigenvalue weighted by Gasteiger charge is -2.08. The van der Waals surface area contributed by atoms with Crippen molar-refractivity contribution in [2.24, 2.45) is 0 Å². The van der Waals surface area contributed by atoms with Gasteiger partial charge in [0.1, 0.15) is 0 Å². The molecule has 1 N–H and O–H groups in total. The summed E-state index contributed by atoms with van der Waals surface area (Å²) in [6, 6.07) is 12.9. The lowest BCUT2D eigenvalue weighted by atomic mass is 10.2. The fourth-order valence-corrected chi connectivity index (χ4v) is 5.03. The first kappa shape index (κ1) is 20.1. The van der Waals surface area contributed by atoms with Gasteiger partial charge in [-0.25, -0.2) is 16.8 Å². The fourth-order valence-electron chi connectivity index (χ4n) is 1.86. The standard InChI is InChI=1S/C15H15NO4S2.C2H6/c1-2-12-8-10-14(11-9-12)22(19,20)15(16)21(17,18)13-6-4-3-5-7-13;1-2/h3-11,16H,2H2,1H3;1-2H3. The molecule has 0 saturated heterocycles. The third kappa shape index (κ3) is 4.10. The molecule has 0 saturated carbocycles. The van der Waals surface area contributed by atoms with Crippen LogP contribution in [-0.4, -0.2) is 21.2 Å². The maximum absolute atomic E-state index is 12.3. The van der Waals surface area contributed by atoms with Crippen molar-refractivity contribution >= 4 is 24.1 Å². The molecule has 5 nitrogen and oxygen atoms in total. The Balaban J connectivity index is 0.00000139. The largest absolute Gasteiger partial charge is 0.279 e. The van der Waals surface area contributed by atoms with Crippen molar-refractivity contribution in [3.63, 3.8) is 0 Å². The van der Waals surface area contributed by atoms with Crippen LogP contribution < -0.4 is 0 Å². The van der Waals surface area contributed by atoms with E-state index in [9.17, 15) is 16.8 Å². The van der Waals surface area contributed by atoms with Gasteiger partial charge in [-0.15, -0.1) is 0 Å². The Kier molecular flexibility index (Phi) is 6.86. The van der Waals surface area contributed by atoms with Crippen LogP contribution in [0.15, 0.2) is 64.4 Å². The smallest absolute Gasteiger partial charge is 0.249 e. The van der Waals surface area contributed by atoms with Crippen LogP contribution in [0.4, 0.5) is 0 Å². The van der Waals surface area contributed by atoms with E-state index in [1.807, 2.05) is 20.8 Å². The molecule has 2 aromatic rings. The van der Waals surface area contributed by atoms with E-state index >= 15 is 0 Å². The normalized spacial score (nSPS) is 11.3. The molecule has 0 spiro atoms. The van der Waals surface area contributed by atoms with Crippen LogP contribution in [0.25, 0.3) is 0 Å². The lowest BCUT2D eigenvalue weighted by Crippen LogP contribution is -2.24. The predicted molar refractivity (Wildman–Crippen MR) is 95.7 cm³/mol. The van der Waals surface area contributed by atoms with Gasteiger partial charge in [0, 0.05) is 0 Å². The average Bonchev–Trinajstić information content (AvgIpc) is 2.63. The van der Waals surface area contributed by atoms with E-state index in [1.54, 1.807) is 18.2 Å². The summed E-state index contributed by atoms with van der Waals surface area (Å²) in [7, 11) is -8.74. The number of hydrogen-bond donors (Lipinski definition) is 1. The van der Waals surface area contributed by atoms with Crippen molar-refractivity contribution in [3.8, 4) is 0 Å². The van der Waals surface area contributed by atoms with Crippen molar-refractivity contribution in [3.05, 3.63) is 60.2 Å². The second-order valence-corrected chi connectivity index (χ2v) is 8.64. The van der Waals surface area contributed by atoms with Crippen LogP contribution in [-0.2, 0) is 26.1 Å². The molecule has 0 aliphatic heterocycles. The third-order valence-corrected chi connectivity index (χ3v) is 7.26. The van der Waals surface area contributed by atoms with Gasteiger partial charge in [0.05, 0.1) is 9.79 Å². The van der Waals surface area contributed by atoms with E-state index in [0.717, 1.165) is 12.0 Å². The molecular weight excluding hydrogens is 346 g/mol. The molecule has 0 atom stereocenters. The summed E-state index contributed by atoms with van der Waals surface area (Å²) in [5, 5.41) is 7.69. The number of sulfone groups is 2. The Bertz CT molecular complexity index is 885. The molecule has 0 aromatic heterocycles. The first-order valence-electron chi connectivity index (χ1n) is 7.53. The summed E-state index contributed by atoms with van der Waals surface area (Å²) >= 11 is 0. The highest BCUT2D eigenvalue weighted by Gasteiger charge is 2.33. The van der Waals surface area contributed by atoms with Gasteiger partial charge in [-0.05, 0) is 36.2 Å². The van der Waals surface area contributed by atoms with E-state index < -0.39 is 24.1 Å². The van der Waals surface area contributed by atoms with Gasteiger partial charge in [-0.2, -0.15) is 0 Å². The van der Waals surface area contributed by atoms with E-state index in [0.29, 0.717) is 0 Å². The van der Waals surface area contributed by atoms with Gasteiger partial charge in [-0.3, -0.25) is 5.41 Å². The molecule has 0 amide bonds. The minimum Gasteiger partial charge on any atom is -0.279 e. The minimum atomic E-state index is -4.37. The number of aryl methyl sites for hydroxylation is 1. The Morgan fingerprint density at radius 3 is 1.62 bits per heavy atom. The maximum atomic E-state index is 12.3. The molecule has 0 radical (unpaired) electrons.